The van der Waals surface area contributed by atoms with Gasteiger partial charge in [-0.3, -0.25) is 4.79 Å². The van der Waals surface area contributed by atoms with Crippen LogP contribution in [0, 0.1) is 28.6 Å². The third-order valence-electron chi connectivity index (χ3n) is 9.16. The van der Waals surface area contributed by atoms with E-state index in [1.807, 2.05) is 0 Å². The molecule has 4 aliphatic carbocycles. The number of Topliss-reactive ketones (excluding diaryl/α,β-unsaturated/α-hetero) is 1. The van der Waals surface area contributed by atoms with Crippen LogP contribution in [0.25, 0.3) is 0 Å². The Morgan fingerprint density at radius 2 is 1.71 bits per heavy atom. The van der Waals surface area contributed by atoms with E-state index in [2.05, 4.69) is 27.7 Å². The van der Waals surface area contributed by atoms with Crippen LogP contribution in [-0.2, 0) is 4.79 Å². The zero-order valence-electron chi connectivity index (χ0n) is 16.0. The predicted molar refractivity (Wildman–Crippen MR) is 96.6 cm³/mol. The van der Waals surface area contributed by atoms with Gasteiger partial charge in [-0.15, -0.1) is 0 Å². The van der Waals surface area contributed by atoms with Crippen molar-refractivity contribution in [3.63, 3.8) is 0 Å². The summed E-state index contributed by atoms with van der Waals surface area (Å²) < 4.78 is 0. The zero-order chi connectivity index (χ0) is 17.3. The van der Waals surface area contributed by atoms with Crippen molar-refractivity contribution in [2.24, 2.45) is 28.6 Å². The number of allylic oxidation sites excluding steroid dienone is 1. The van der Waals surface area contributed by atoms with E-state index < -0.39 is 5.60 Å². The zero-order valence-corrected chi connectivity index (χ0v) is 16.0. The molecule has 4 rings (SSSR count). The van der Waals surface area contributed by atoms with Crippen LogP contribution in [0.3, 0.4) is 0 Å². The normalized spacial score (nSPS) is 51.2. The van der Waals surface area contributed by atoms with Crippen molar-refractivity contribution in [2.75, 3.05) is 0 Å². The minimum Gasteiger partial charge on any atom is -0.390 e. The molecule has 0 heterocycles. The van der Waals surface area contributed by atoms with Gasteiger partial charge in [0.25, 0.3) is 0 Å². The third-order valence-corrected chi connectivity index (χ3v) is 9.16. The fourth-order valence-electron chi connectivity index (χ4n) is 7.48. The standard InChI is InChI=1S/C22H34O2/c1-5-14-16-7-6-15-17(20(16,2)11-10-19(14)23)8-12-21(3)18(15)9-13-22(21,4)24/h15,17-18,24H,5-13H2,1-4H3/t15?,17?,18?,20?,21?,22-/m1/s1. The van der Waals surface area contributed by atoms with E-state index >= 15 is 0 Å². The Morgan fingerprint density at radius 1 is 1.00 bits per heavy atom. The van der Waals surface area contributed by atoms with Gasteiger partial charge in [-0.05, 0) is 92.4 Å². The van der Waals surface area contributed by atoms with Crippen LogP contribution in [0.15, 0.2) is 11.1 Å². The first-order valence-corrected chi connectivity index (χ1v) is 10.2. The van der Waals surface area contributed by atoms with E-state index in [-0.39, 0.29) is 10.8 Å². The first-order valence-electron chi connectivity index (χ1n) is 10.2. The van der Waals surface area contributed by atoms with Crippen molar-refractivity contribution < 1.29 is 9.90 Å². The topological polar surface area (TPSA) is 37.3 Å². The highest BCUT2D eigenvalue weighted by Gasteiger charge is 2.62. The van der Waals surface area contributed by atoms with E-state index in [1.165, 1.54) is 30.4 Å². The van der Waals surface area contributed by atoms with Crippen molar-refractivity contribution >= 4 is 5.78 Å². The van der Waals surface area contributed by atoms with Gasteiger partial charge < -0.3 is 5.11 Å². The Kier molecular flexibility index (Phi) is 3.64. The van der Waals surface area contributed by atoms with Crippen molar-refractivity contribution in [3.8, 4) is 0 Å². The minimum absolute atomic E-state index is 0.101. The lowest BCUT2D eigenvalue weighted by Crippen LogP contribution is -2.54. The molecule has 0 bridgehead atoms. The van der Waals surface area contributed by atoms with Gasteiger partial charge in [0.05, 0.1) is 5.60 Å². The summed E-state index contributed by atoms with van der Waals surface area (Å²) in [5.41, 5.74) is 2.56. The molecule has 3 fully saturated rings. The van der Waals surface area contributed by atoms with E-state index in [0.717, 1.165) is 50.4 Å². The Hall–Kier alpha value is -0.630. The SMILES string of the molecule is CCC1=C2CCC3C(CCC4(C)C3CC[C@@]4(C)O)C2(C)CCC1=O. The third kappa shape index (κ3) is 1.95. The van der Waals surface area contributed by atoms with Crippen LogP contribution in [0.5, 0.6) is 0 Å². The molecule has 0 aromatic rings. The molecule has 0 spiro atoms. The number of ketones is 1. The maximum atomic E-state index is 12.4. The highest BCUT2D eigenvalue weighted by Crippen LogP contribution is 2.67. The lowest BCUT2D eigenvalue weighted by molar-refractivity contribution is -0.125. The number of hydrogen-bond donors (Lipinski definition) is 1. The number of rotatable bonds is 1. The molecule has 0 aliphatic heterocycles. The summed E-state index contributed by atoms with van der Waals surface area (Å²) in [5.74, 6) is 2.57. The number of carbonyl (C=O) groups excluding carboxylic acids is 1. The second-order valence-electron chi connectivity index (χ2n) is 9.84. The number of hydrogen-bond acceptors (Lipinski definition) is 2. The molecule has 0 saturated heterocycles. The highest BCUT2D eigenvalue weighted by atomic mass is 16.3. The monoisotopic (exact) mass is 330 g/mol. The van der Waals surface area contributed by atoms with Crippen LogP contribution in [-0.4, -0.2) is 16.5 Å². The van der Waals surface area contributed by atoms with Gasteiger partial charge in [0.1, 0.15) is 0 Å². The average molecular weight is 331 g/mol. The molecule has 2 heteroatoms. The van der Waals surface area contributed by atoms with Gasteiger partial charge in [-0.25, -0.2) is 0 Å². The van der Waals surface area contributed by atoms with Crippen molar-refractivity contribution in [1.29, 1.82) is 0 Å². The van der Waals surface area contributed by atoms with Crippen LogP contribution in [0.2, 0.25) is 0 Å². The molecule has 0 aromatic carbocycles. The molecule has 4 aliphatic rings. The minimum atomic E-state index is -0.489. The Bertz CT molecular complexity index is 601. The van der Waals surface area contributed by atoms with Crippen LogP contribution in [0.1, 0.15) is 85.5 Å². The summed E-state index contributed by atoms with van der Waals surface area (Å²) >= 11 is 0. The van der Waals surface area contributed by atoms with Crippen molar-refractivity contribution in [3.05, 3.63) is 11.1 Å². The largest absolute Gasteiger partial charge is 0.390 e. The summed E-state index contributed by atoms with van der Waals surface area (Å²) in [5, 5.41) is 11.0. The quantitative estimate of drug-likeness (QED) is 0.730. The van der Waals surface area contributed by atoms with Gasteiger partial charge in [-0.1, -0.05) is 26.3 Å². The van der Waals surface area contributed by atoms with Gasteiger partial charge in [0, 0.05) is 6.42 Å². The van der Waals surface area contributed by atoms with E-state index in [1.54, 1.807) is 0 Å². The average Bonchev–Trinajstić information content (AvgIpc) is 2.78. The van der Waals surface area contributed by atoms with E-state index in [4.69, 9.17) is 0 Å². The molecule has 1 N–H and O–H groups in total. The fourth-order valence-corrected chi connectivity index (χ4v) is 7.48. The predicted octanol–water partition coefficient (Wildman–Crippen LogP) is 5.05. The Labute approximate surface area is 147 Å². The maximum Gasteiger partial charge on any atom is 0.158 e. The lowest BCUT2D eigenvalue weighted by atomic mass is 9.46. The van der Waals surface area contributed by atoms with Gasteiger partial charge in [-0.2, -0.15) is 0 Å². The van der Waals surface area contributed by atoms with Crippen LogP contribution >= 0.6 is 0 Å². The number of carbonyl (C=O) groups is 1. The first kappa shape index (κ1) is 16.8. The molecule has 2 nitrogen and oxygen atoms in total. The van der Waals surface area contributed by atoms with E-state index in [0.29, 0.717) is 11.7 Å². The fraction of sp³-hybridized carbons (Fsp3) is 0.864. The van der Waals surface area contributed by atoms with E-state index in [9.17, 15) is 9.90 Å². The second-order valence-corrected chi connectivity index (χ2v) is 9.84. The molecule has 134 valence electrons. The first-order chi connectivity index (χ1) is 11.2. The molecule has 0 radical (unpaired) electrons. The molecule has 0 amide bonds. The highest BCUT2D eigenvalue weighted by molar-refractivity contribution is 5.97. The van der Waals surface area contributed by atoms with Crippen molar-refractivity contribution in [1.82, 2.24) is 0 Å². The number of fused-ring (bicyclic) bond motifs is 5. The summed E-state index contributed by atoms with van der Waals surface area (Å²) in [4.78, 5) is 12.4. The summed E-state index contributed by atoms with van der Waals surface area (Å²) in [7, 11) is 0. The van der Waals surface area contributed by atoms with Gasteiger partial charge in [0.15, 0.2) is 5.78 Å². The summed E-state index contributed by atoms with van der Waals surface area (Å²) in [6.07, 6.45) is 9.65. The van der Waals surface area contributed by atoms with Crippen LogP contribution in [0.4, 0.5) is 0 Å². The smallest absolute Gasteiger partial charge is 0.158 e. The second kappa shape index (κ2) is 5.19. The maximum absolute atomic E-state index is 12.4. The molecule has 5 unspecified atom stereocenters. The van der Waals surface area contributed by atoms with Gasteiger partial charge in [0.2, 0.25) is 0 Å². The molecule has 3 saturated carbocycles. The molecular formula is C22H34O2. The lowest BCUT2D eigenvalue weighted by Gasteiger charge is -2.59. The summed E-state index contributed by atoms with van der Waals surface area (Å²) in [6, 6.07) is 0. The summed E-state index contributed by atoms with van der Waals surface area (Å²) in [6.45, 7) is 9.06. The Balaban J connectivity index is 1.73. The molecule has 24 heavy (non-hydrogen) atoms. The Morgan fingerprint density at radius 3 is 2.42 bits per heavy atom. The van der Waals surface area contributed by atoms with Gasteiger partial charge >= 0.3 is 0 Å². The number of aliphatic hydroxyl groups is 1. The molecule has 6 atom stereocenters. The molecular weight excluding hydrogens is 296 g/mol. The van der Waals surface area contributed by atoms with Crippen molar-refractivity contribution in [2.45, 2.75) is 91.1 Å². The molecule has 0 aromatic heterocycles. The van der Waals surface area contributed by atoms with Crippen LogP contribution < -0.4 is 0 Å².